The molecule has 2 aromatic heterocycles. The second kappa shape index (κ2) is 6.80. The highest BCUT2D eigenvalue weighted by Crippen LogP contribution is 2.23. The molecule has 0 radical (unpaired) electrons. The molecule has 134 valence electrons. The molecule has 2 heterocycles. The van der Waals surface area contributed by atoms with E-state index in [1.54, 1.807) is 0 Å². The smallest absolute Gasteiger partial charge is 0.216 e. The summed E-state index contributed by atoms with van der Waals surface area (Å²) in [5, 5.41) is 4.76. The molecule has 0 fully saturated rings. The second-order valence-corrected chi connectivity index (χ2v) is 7.01. The van der Waals surface area contributed by atoms with E-state index in [-0.39, 0.29) is 0 Å². The fraction of sp³-hybridized carbons (Fsp3) is 0.174. The summed E-state index contributed by atoms with van der Waals surface area (Å²) in [6.45, 7) is 8.19. The molecule has 0 aliphatic rings. The van der Waals surface area contributed by atoms with Gasteiger partial charge < -0.3 is 0 Å². The minimum Gasteiger partial charge on any atom is -0.216 e. The molecule has 2 aromatic carbocycles. The molecule has 0 atom stereocenters. The van der Waals surface area contributed by atoms with Gasteiger partial charge in [0, 0.05) is 22.5 Å². The first-order chi connectivity index (χ1) is 13.0. The average molecular weight is 354 g/mol. The molecule has 0 unspecified atom stereocenters. The molecule has 4 rings (SSSR count). The van der Waals surface area contributed by atoms with Gasteiger partial charge in [-0.2, -0.15) is 5.10 Å². The van der Waals surface area contributed by atoms with E-state index in [0.29, 0.717) is 5.95 Å². The molecule has 0 aliphatic heterocycles. The molecule has 4 heteroatoms. The standard InChI is InChI=1S/C23H22N4/c1-15-5-9-19(10-6-15)21-13-17(3)24-23(25-21)27-18(4)14-22(26-27)20-11-7-16(2)8-12-20/h5-14H,1-4H3. The van der Waals surface area contributed by atoms with Crippen molar-refractivity contribution in [1.82, 2.24) is 19.7 Å². The van der Waals surface area contributed by atoms with E-state index in [2.05, 4.69) is 73.4 Å². The van der Waals surface area contributed by atoms with E-state index < -0.39 is 0 Å². The van der Waals surface area contributed by atoms with Crippen LogP contribution in [0.15, 0.2) is 60.7 Å². The van der Waals surface area contributed by atoms with Gasteiger partial charge in [0.05, 0.1) is 11.4 Å². The summed E-state index contributed by atoms with van der Waals surface area (Å²) in [4.78, 5) is 9.39. The van der Waals surface area contributed by atoms with Crippen LogP contribution in [0.2, 0.25) is 0 Å². The van der Waals surface area contributed by atoms with Crippen LogP contribution in [0, 0.1) is 27.7 Å². The maximum absolute atomic E-state index is 4.78. The van der Waals surface area contributed by atoms with Crippen LogP contribution in [0.1, 0.15) is 22.5 Å². The lowest BCUT2D eigenvalue weighted by molar-refractivity contribution is 0.781. The van der Waals surface area contributed by atoms with Crippen molar-refractivity contribution in [3.63, 3.8) is 0 Å². The highest BCUT2D eigenvalue weighted by molar-refractivity contribution is 5.62. The van der Waals surface area contributed by atoms with Crippen molar-refractivity contribution in [1.29, 1.82) is 0 Å². The SMILES string of the molecule is Cc1ccc(-c2cc(C)nc(-n3nc(-c4ccc(C)cc4)cc3C)n2)cc1. The van der Waals surface area contributed by atoms with E-state index in [9.17, 15) is 0 Å². The van der Waals surface area contributed by atoms with Gasteiger partial charge in [0.15, 0.2) is 0 Å². The Bertz CT molecular complexity index is 1090. The van der Waals surface area contributed by atoms with Crippen LogP contribution >= 0.6 is 0 Å². The molecule has 0 bridgehead atoms. The fourth-order valence-corrected chi connectivity index (χ4v) is 3.06. The van der Waals surface area contributed by atoms with Gasteiger partial charge in [0.25, 0.3) is 5.95 Å². The first-order valence-corrected chi connectivity index (χ1v) is 9.06. The van der Waals surface area contributed by atoms with Crippen molar-refractivity contribution in [2.24, 2.45) is 0 Å². The van der Waals surface area contributed by atoms with E-state index in [4.69, 9.17) is 10.1 Å². The summed E-state index contributed by atoms with van der Waals surface area (Å²) in [7, 11) is 0. The Morgan fingerprint density at radius 1 is 0.630 bits per heavy atom. The van der Waals surface area contributed by atoms with E-state index in [1.807, 2.05) is 24.6 Å². The number of aromatic nitrogens is 4. The van der Waals surface area contributed by atoms with Gasteiger partial charge in [-0.3, -0.25) is 0 Å². The molecular formula is C23H22N4. The van der Waals surface area contributed by atoms with Gasteiger partial charge in [0.1, 0.15) is 0 Å². The minimum atomic E-state index is 0.599. The Morgan fingerprint density at radius 3 is 1.78 bits per heavy atom. The largest absolute Gasteiger partial charge is 0.251 e. The topological polar surface area (TPSA) is 43.6 Å². The first kappa shape index (κ1) is 17.2. The summed E-state index contributed by atoms with van der Waals surface area (Å²) in [5.41, 5.74) is 8.40. The van der Waals surface area contributed by atoms with Gasteiger partial charge in [-0.1, -0.05) is 59.7 Å². The van der Waals surface area contributed by atoms with E-state index >= 15 is 0 Å². The van der Waals surface area contributed by atoms with Crippen LogP contribution in [0.3, 0.4) is 0 Å². The molecule has 0 saturated heterocycles. The van der Waals surface area contributed by atoms with Crippen molar-refractivity contribution >= 4 is 0 Å². The maximum atomic E-state index is 4.78. The number of rotatable bonds is 3. The van der Waals surface area contributed by atoms with Crippen LogP contribution < -0.4 is 0 Å². The molecular weight excluding hydrogens is 332 g/mol. The Labute approximate surface area is 159 Å². The van der Waals surface area contributed by atoms with Crippen molar-refractivity contribution < 1.29 is 0 Å². The normalized spacial score (nSPS) is 11.0. The fourth-order valence-electron chi connectivity index (χ4n) is 3.06. The zero-order chi connectivity index (χ0) is 19.0. The third kappa shape index (κ3) is 3.51. The van der Waals surface area contributed by atoms with Gasteiger partial charge in [0.2, 0.25) is 0 Å². The Balaban J connectivity index is 1.77. The van der Waals surface area contributed by atoms with Gasteiger partial charge in [-0.15, -0.1) is 0 Å². The number of hydrogen-bond donors (Lipinski definition) is 0. The number of hydrogen-bond acceptors (Lipinski definition) is 3. The summed E-state index contributed by atoms with van der Waals surface area (Å²) in [6, 6.07) is 20.8. The number of benzene rings is 2. The zero-order valence-corrected chi connectivity index (χ0v) is 16.1. The molecule has 0 saturated carbocycles. The maximum Gasteiger partial charge on any atom is 0.251 e. The van der Waals surface area contributed by atoms with Crippen LogP contribution in [0.5, 0.6) is 0 Å². The van der Waals surface area contributed by atoms with Gasteiger partial charge in [-0.05, 0) is 39.8 Å². The lowest BCUT2D eigenvalue weighted by Crippen LogP contribution is -2.07. The summed E-state index contributed by atoms with van der Waals surface area (Å²) >= 11 is 0. The molecule has 0 N–H and O–H groups in total. The van der Waals surface area contributed by atoms with Crippen molar-refractivity contribution in [3.8, 4) is 28.5 Å². The van der Waals surface area contributed by atoms with Gasteiger partial charge >= 0.3 is 0 Å². The van der Waals surface area contributed by atoms with Crippen LogP contribution in [-0.4, -0.2) is 19.7 Å². The lowest BCUT2D eigenvalue weighted by Gasteiger charge is -2.08. The highest BCUT2D eigenvalue weighted by Gasteiger charge is 2.12. The summed E-state index contributed by atoms with van der Waals surface area (Å²) < 4.78 is 1.82. The zero-order valence-electron chi connectivity index (χ0n) is 16.1. The Morgan fingerprint density at radius 2 is 1.19 bits per heavy atom. The molecule has 27 heavy (non-hydrogen) atoms. The van der Waals surface area contributed by atoms with Crippen LogP contribution in [0.25, 0.3) is 28.5 Å². The molecule has 0 amide bonds. The quantitative estimate of drug-likeness (QED) is 0.506. The molecule has 0 aliphatic carbocycles. The Kier molecular flexibility index (Phi) is 4.32. The lowest BCUT2D eigenvalue weighted by atomic mass is 10.1. The van der Waals surface area contributed by atoms with Crippen molar-refractivity contribution in [2.45, 2.75) is 27.7 Å². The predicted molar refractivity (Wildman–Crippen MR) is 109 cm³/mol. The van der Waals surface area contributed by atoms with Crippen LogP contribution in [0.4, 0.5) is 0 Å². The number of nitrogens with zero attached hydrogens (tertiary/aromatic N) is 4. The minimum absolute atomic E-state index is 0.599. The monoisotopic (exact) mass is 354 g/mol. The Hall–Kier alpha value is -3.27. The van der Waals surface area contributed by atoms with E-state index in [0.717, 1.165) is 33.9 Å². The average Bonchev–Trinajstić information content (AvgIpc) is 3.04. The van der Waals surface area contributed by atoms with Crippen molar-refractivity contribution in [2.75, 3.05) is 0 Å². The van der Waals surface area contributed by atoms with Gasteiger partial charge in [-0.25, -0.2) is 14.6 Å². The predicted octanol–water partition coefficient (Wildman–Crippen LogP) is 5.23. The molecule has 4 aromatic rings. The van der Waals surface area contributed by atoms with Crippen LogP contribution in [-0.2, 0) is 0 Å². The molecule has 4 nitrogen and oxygen atoms in total. The number of aryl methyl sites for hydroxylation is 4. The van der Waals surface area contributed by atoms with Crippen molar-refractivity contribution in [3.05, 3.63) is 83.2 Å². The highest BCUT2D eigenvalue weighted by atomic mass is 15.4. The summed E-state index contributed by atoms with van der Waals surface area (Å²) in [5.74, 6) is 0.599. The first-order valence-electron chi connectivity index (χ1n) is 9.06. The van der Waals surface area contributed by atoms with E-state index in [1.165, 1.54) is 11.1 Å². The third-order valence-electron chi connectivity index (χ3n) is 4.61. The second-order valence-electron chi connectivity index (χ2n) is 7.01. The molecule has 0 spiro atoms. The summed E-state index contributed by atoms with van der Waals surface area (Å²) in [6.07, 6.45) is 0. The third-order valence-corrected chi connectivity index (χ3v) is 4.61.